The highest BCUT2D eigenvalue weighted by Crippen LogP contribution is 2.32. The van der Waals surface area contributed by atoms with Crippen LogP contribution in [0.3, 0.4) is 0 Å². The number of rotatable bonds is 5. The van der Waals surface area contributed by atoms with Crippen molar-refractivity contribution in [2.75, 3.05) is 25.5 Å². The van der Waals surface area contributed by atoms with E-state index in [-0.39, 0.29) is 12.0 Å². The fourth-order valence-electron chi connectivity index (χ4n) is 2.84. The minimum absolute atomic E-state index is 0.0186. The van der Waals surface area contributed by atoms with Crippen molar-refractivity contribution >= 4 is 39.5 Å². The zero-order valence-corrected chi connectivity index (χ0v) is 16.9. The Morgan fingerprint density at radius 2 is 2.11 bits per heavy atom. The molecule has 1 N–H and O–H groups in total. The maximum absolute atomic E-state index is 12.3. The summed E-state index contributed by atoms with van der Waals surface area (Å²) in [6.07, 6.45) is 1.74. The number of carbonyl (C=O) groups excluding carboxylic acids is 1. The summed E-state index contributed by atoms with van der Waals surface area (Å²) in [7, 11) is 1.66. The SMILES string of the molecule is COC1CN(C(=O)c2ccc(Nc3nc(-c4sc(C)nc4C)cs3)nc2)C1. The molecule has 1 fully saturated rings. The maximum atomic E-state index is 12.3. The summed E-state index contributed by atoms with van der Waals surface area (Å²) in [5.74, 6) is 0.637. The van der Waals surface area contributed by atoms with E-state index >= 15 is 0 Å². The van der Waals surface area contributed by atoms with Crippen LogP contribution in [0.15, 0.2) is 23.7 Å². The molecule has 1 saturated heterocycles. The molecule has 0 aliphatic carbocycles. The van der Waals surface area contributed by atoms with Gasteiger partial charge in [0.1, 0.15) is 5.82 Å². The van der Waals surface area contributed by atoms with Crippen LogP contribution in [0.1, 0.15) is 21.1 Å². The smallest absolute Gasteiger partial charge is 0.255 e. The quantitative estimate of drug-likeness (QED) is 0.705. The lowest BCUT2D eigenvalue weighted by atomic mass is 10.1. The molecular formula is C18H19N5O2S2. The third-order valence-corrected chi connectivity index (χ3v) is 6.21. The molecule has 1 aliphatic rings. The average Bonchev–Trinajstić information content (AvgIpc) is 3.20. The number of anilines is 2. The molecule has 7 nitrogen and oxygen atoms in total. The molecule has 27 heavy (non-hydrogen) atoms. The number of hydrogen-bond acceptors (Lipinski definition) is 8. The van der Waals surface area contributed by atoms with Gasteiger partial charge in [0.2, 0.25) is 0 Å². The van der Waals surface area contributed by atoms with Gasteiger partial charge in [0.15, 0.2) is 5.13 Å². The van der Waals surface area contributed by atoms with E-state index in [9.17, 15) is 4.79 Å². The molecule has 3 aromatic rings. The van der Waals surface area contributed by atoms with Crippen LogP contribution in [0, 0.1) is 13.8 Å². The van der Waals surface area contributed by atoms with Gasteiger partial charge in [0.25, 0.3) is 5.91 Å². The van der Waals surface area contributed by atoms with Gasteiger partial charge in [-0.3, -0.25) is 4.79 Å². The molecule has 9 heteroatoms. The third kappa shape index (κ3) is 3.71. The van der Waals surface area contributed by atoms with Crippen LogP contribution in [0.4, 0.5) is 10.9 Å². The Labute approximate surface area is 165 Å². The molecule has 0 radical (unpaired) electrons. The van der Waals surface area contributed by atoms with Crippen molar-refractivity contribution in [1.29, 1.82) is 0 Å². The average molecular weight is 402 g/mol. The molecule has 0 unspecified atom stereocenters. The molecule has 0 bridgehead atoms. The summed E-state index contributed by atoms with van der Waals surface area (Å²) in [6, 6.07) is 3.58. The predicted octanol–water partition coefficient (Wildman–Crippen LogP) is 3.49. The first kappa shape index (κ1) is 18.0. The summed E-state index contributed by atoms with van der Waals surface area (Å²) >= 11 is 3.16. The molecule has 4 rings (SSSR count). The standard InChI is InChI=1S/C18H19N5O2S2/c1-10-16(27-11(2)20-10)14-9-26-18(21-14)22-15-5-4-12(6-19-15)17(24)23-7-13(8-23)25-3/h4-6,9,13H,7-8H2,1-3H3,(H,19,21,22). The second-order valence-electron chi connectivity index (χ2n) is 6.31. The van der Waals surface area contributed by atoms with Gasteiger partial charge in [0.05, 0.1) is 32.9 Å². The lowest BCUT2D eigenvalue weighted by Crippen LogP contribution is -2.54. The van der Waals surface area contributed by atoms with Gasteiger partial charge >= 0.3 is 0 Å². The largest absolute Gasteiger partial charge is 0.378 e. The summed E-state index contributed by atoms with van der Waals surface area (Å²) in [6.45, 7) is 5.26. The van der Waals surface area contributed by atoms with Gasteiger partial charge in [-0.1, -0.05) is 0 Å². The molecule has 0 aromatic carbocycles. The van der Waals surface area contributed by atoms with Gasteiger partial charge < -0.3 is 15.0 Å². The van der Waals surface area contributed by atoms with E-state index in [0.717, 1.165) is 26.4 Å². The van der Waals surface area contributed by atoms with Crippen LogP contribution in [0.5, 0.6) is 0 Å². The minimum Gasteiger partial charge on any atom is -0.378 e. The number of aryl methyl sites for hydroxylation is 2. The van der Waals surface area contributed by atoms with E-state index in [1.165, 1.54) is 11.3 Å². The highest BCUT2D eigenvalue weighted by molar-refractivity contribution is 7.16. The normalized spacial score (nSPS) is 14.3. The zero-order chi connectivity index (χ0) is 19.0. The predicted molar refractivity (Wildman–Crippen MR) is 107 cm³/mol. The molecule has 0 saturated carbocycles. The minimum atomic E-state index is -0.0186. The van der Waals surface area contributed by atoms with Crippen LogP contribution in [0.25, 0.3) is 10.6 Å². The van der Waals surface area contributed by atoms with Crippen molar-refractivity contribution in [3.63, 3.8) is 0 Å². The molecule has 3 aromatic heterocycles. The molecule has 140 valence electrons. The van der Waals surface area contributed by atoms with E-state index in [0.29, 0.717) is 24.5 Å². The van der Waals surface area contributed by atoms with Crippen molar-refractivity contribution in [1.82, 2.24) is 19.9 Å². The van der Waals surface area contributed by atoms with Gasteiger partial charge in [-0.25, -0.2) is 15.0 Å². The number of amides is 1. The lowest BCUT2D eigenvalue weighted by molar-refractivity contribution is -0.0192. The number of methoxy groups -OCH3 is 1. The Kier molecular flexibility index (Phi) is 4.90. The summed E-state index contributed by atoms with van der Waals surface area (Å²) < 4.78 is 5.20. The van der Waals surface area contributed by atoms with E-state index < -0.39 is 0 Å². The van der Waals surface area contributed by atoms with Crippen molar-refractivity contribution in [3.05, 3.63) is 40.0 Å². The molecule has 1 aliphatic heterocycles. The number of carbonyl (C=O) groups is 1. The maximum Gasteiger partial charge on any atom is 0.255 e. The number of ether oxygens (including phenoxy) is 1. The van der Waals surface area contributed by atoms with E-state index in [2.05, 4.69) is 20.3 Å². The number of thiazole rings is 2. The Balaban J connectivity index is 1.42. The topological polar surface area (TPSA) is 80.2 Å². The number of pyridine rings is 1. The van der Waals surface area contributed by atoms with Crippen molar-refractivity contribution in [3.8, 4) is 10.6 Å². The van der Waals surface area contributed by atoms with Crippen molar-refractivity contribution in [2.45, 2.75) is 20.0 Å². The molecular weight excluding hydrogens is 382 g/mol. The molecule has 1 amide bonds. The highest BCUT2D eigenvalue weighted by Gasteiger charge is 2.31. The Hall–Kier alpha value is -2.36. The van der Waals surface area contributed by atoms with Gasteiger partial charge in [-0.2, -0.15) is 0 Å². The third-order valence-electron chi connectivity index (χ3n) is 4.35. The van der Waals surface area contributed by atoms with E-state index in [4.69, 9.17) is 4.74 Å². The lowest BCUT2D eigenvalue weighted by Gasteiger charge is -2.38. The zero-order valence-electron chi connectivity index (χ0n) is 15.2. The second-order valence-corrected chi connectivity index (χ2v) is 8.37. The number of hydrogen-bond donors (Lipinski definition) is 1. The van der Waals surface area contributed by atoms with Crippen LogP contribution < -0.4 is 5.32 Å². The fraction of sp³-hybridized carbons (Fsp3) is 0.333. The Bertz CT molecular complexity index is 961. The number of nitrogens with zero attached hydrogens (tertiary/aromatic N) is 4. The van der Waals surface area contributed by atoms with Crippen LogP contribution in [-0.4, -0.2) is 52.1 Å². The van der Waals surface area contributed by atoms with Crippen molar-refractivity contribution in [2.24, 2.45) is 0 Å². The van der Waals surface area contributed by atoms with Gasteiger partial charge in [0, 0.05) is 31.8 Å². The second kappa shape index (κ2) is 7.34. The summed E-state index contributed by atoms with van der Waals surface area (Å²) in [5, 5.41) is 7.00. The van der Waals surface area contributed by atoms with Crippen LogP contribution in [-0.2, 0) is 4.74 Å². The Morgan fingerprint density at radius 1 is 1.30 bits per heavy atom. The first-order valence-electron chi connectivity index (χ1n) is 8.48. The Morgan fingerprint density at radius 3 is 2.74 bits per heavy atom. The monoisotopic (exact) mass is 401 g/mol. The summed E-state index contributed by atoms with van der Waals surface area (Å²) in [5.41, 5.74) is 2.49. The number of aromatic nitrogens is 3. The van der Waals surface area contributed by atoms with Crippen molar-refractivity contribution < 1.29 is 9.53 Å². The first-order valence-corrected chi connectivity index (χ1v) is 10.2. The first-order chi connectivity index (χ1) is 13.0. The molecule has 0 atom stereocenters. The van der Waals surface area contributed by atoms with Gasteiger partial charge in [-0.15, -0.1) is 22.7 Å². The van der Waals surface area contributed by atoms with Gasteiger partial charge in [-0.05, 0) is 26.0 Å². The van der Waals surface area contributed by atoms with Crippen LogP contribution in [0.2, 0.25) is 0 Å². The number of likely N-dealkylation sites (tertiary alicyclic amines) is 1. The van der Waals surface area contributed by atoms with Crippen LogP contribution >= 0.6 is 22.7 Å². The van der Waals surface area contributed by atoms with E-state index in [1.807, 2.05) is 19.2 Å². The summed E-state index contributed by atoms with van der Waals surface area (Å²) in [4.78, 5) is 28.6. The van der Waals surface area contributed by atoms with E-state index in [1.54, 1.807) is 41.7 Å². The fourth-order valence-corrected chi connectivity index (χ4v) is 4.51. The molecule has 4 heterocycles. The number of nitrogens with one attached hydrogen (secondary N) is 1. The highest BCUT2D eigenvalue weighted by atomic mass is 32.1. The molecule has 0 spiro atoms.